The first-order valence-corrected chi connectivity index (χ1v) is 8.53. The molecule has 0 atom stereocenters. The highest BCUT2D eigenvalue weighted by molar-refractivity contribution is 6.04. The van der Waals surface area contributed by atoms with Crippen molar-refractivity contribution in [1.82, 2.24) is 24.5 Å². The molecule has 4 rings (SSSR count). The molecule has 0 bridgehead atoms. The van der Waals surface area contributed by atoms with Crippen LogP contribution in [0.15, 0.2) is 72.2 Å². The van der Waals surface area contributed by atoms with Crippen molar-refractivity contribution in [2.24, 2.45) is 0 Å². The van der Waals surface area contributed by atoms with E-state index in [9.17, 15) is 9.59 Å². The van der Waals surface area contributed by atoms with Crippen LogP contribution >= 0.6 is 0 Å². The largest absolute Gasteiger partial charge is 0.322 e. The molecule has 0 aliphatic heterocycles. The fourth-order valence-electron chi connectivity index (χ4n) is 2.76. The lowest BCUT2D eigenvalue weighted by Gasteiger charge is -2.09. The molecule has 138 valence electrons. The van der Waals surface area contributed by atoms with Crippen LogP contribution in [-0.4, -0.2) is 30.4 Å². The van der Waals surface area contributed by atoms with Gasteiger partial charge >= 0.3 is 0 Å². The first-order chi connectivity index (χ1) is 13.6. The van der Waals surface area contributed by atoms with E-state index in [0.717, 1.165) is 0 Å². The molecule has 0 saturated carbocycles. The maximum Gasteiger partial charge on any atom is 0.255 e. The van der Waals surface area contributed by atoms with Crippen LogP contribution in [-0.2, 0) is 0 Å². The third-order valence-electron chi connectivity index (χ3n) is 4.04. The van der Waals surface area contributed by atoms with E-state index in [-0.39, 0.29) is 11.5 Å². The number of nitrogens with zero attached hydrogens (tertiary/aromatic N) is 4. The minimum Gasteiger partial charge on any atom is -0.322 e. The van der Waals surface area contributed by atoms with Crippen molar-refractivity contribution < 1.29 is 4.79 Å². The van der Waals surface area contributed by atoms with E-state index in [0.29, 0.717) is 34.2 Å². The van der Waals surface area contributed by atoms with Crippen molar-refractivity contribution in [3.63, 3.8) is 0 Å². The lowest BCUT2D eigenvalue weighted by atomic mass is 10.1. The summed E-state index contributed by atoms with van der Waals surface area (Å²) in [6.45, 7) is 1.76. The Kier molecular flexibility index (Phi) is 4.51. The van der Waals surface area contributed by atoms with Crippen LogP contribution in [0, 0.1) is 6.92 Å². The molecular weight excluding hydrogens is 356 g/mol. The average molecular weight is 372 g/mol. The van der Waals surface area contributed by atoms with Crippen molar-refractivity contribution >= 4 is 11.6 Å². The van der Waals surface area contributed by atoms with E-state index in [1.165, 1.54) is 6.07 Å². The van der Waals surface area contributed by atoms with Gasteiger partial charge in [0.25, 0.3) is 11.5 Å². The predicted octanol–water partition coefficient (Wildman–Crippen LogP) is 2.58. The van der Waals surface area contributed by atoms with Gasteiger partial charge in [-0.2, -0.15) is 0 Å². The number of aryl methyl sites for hydroxylation is 1. The summed E-state index contributed by atoms with van der Waals surface area (Å²) in [6, 6.07) is 11.9. The van der Waals surface area contributed by atoms with Crippen LogP contribution in [0.1, 0.15) is 16.1 Å². The molecular formula is C20H16N6O2. The van der Waals surface area contributed by atoms with E-state index in [4.69, 9.17) is 0 Å². The second kappa shape index (κ2) is 7.28. The number of benzene rings is 1. The zero-order valence-corrected chi connectivity index (χ0v) is 15.0. The number of carbonyl (C=O) groups excluding carboxylic acids is 1. The molecule has 3 heterocycles. The molecule has 8 heteroatoms. The van der Waals surface area contributed by atoms with Crippen LogP contribution < -0.4 is 10.9 Å². The van der Waals surface area contributed by atoms with Gasteiger partial charge in [0.1, 0.15) is 18.0 Å². The molecule has 0 aliphatic rings. The Bertz CT molecular complexity index is 1200. The van der Waals surface area contributed by atoms with Gasteiger partial charge in [0.05, 0.1) is 0 Å². The molecule has 3 aromatic heterocycles. The van der Waals surface area contributed by atoms with Gasteiger partial charge in [-0.15, -0.1) is 0 Å². The molecule has 8 nitrogen and oxygen atoms in total. The van der Waals surface area contributed by atoms with Crippen molar-refractivity contribution in [2.45, 2.75) is 6.92 Å². The number of amides is 1. The van der Waals surface area contributed by atoms with Gasteiger partial charge in [-0.3, -0.25) is 14.2 Å². The molecule has 0 saturated heterocycles. The first-order valence-electron chi connectivity index (χ1n) is 8.53. The third kappa shape index (κ3) is 3.70. The standard InChI is InChI=1S/C20H16N6O2/c1-13-9-18(27)25-19(23-13)14-3-2-4-16(10-14)24-20(28)15-5-6-22-17(11-15)26-8-7-21-12-26/h2-12H,1H3,(H,24,28)(H,23,25,27). The number of aromatic nitrogens is 5. The highest BCUT2D eigenvalue weighted by Gasteiger charge is 2.10. The molecule has 1 aromatic carbocycles. The normalized spacial score (nSPS) is 10.6. The number of anilines is 1. The van der Waals surface area contributed by atoms with E-state index in [1.54, 1.807) is 66.7 Å². The van der Waals surface area contributed by atoms with Crippen LogP contribution in [0.3, 0.4) is 0 Å². The number of H-pyrrole nitrogens is 1. The smallest absolute Gasteiger partial charge is 0.255 e. The number of carbonyl (C=O) groups is 1. The Morgan fingerprint density at radius 2 is 2.04 bits per heavy atom. The predicted molar refractivity (Wildman–Crippen MR) is 104 cm³/mol. The monoisotopic (exact) mass is 372 g/mol. The molecule has 0 spiro atoms. The Morgan fingerprint density at radius 1 is 1.14 bits per heavy atom. The third-order valence-corrected chi connectivity index (χ3v) is 4.04. The van der Waals surface area contributed by atoms with Crippen molar-refractivity contribution in [2.75, 3.05) is 5.32 Å². The first kappa shape index (κ1) is 17.3. The Morgan fingerprint density at radius 3 is 2.82 bits per heavy atom. The van der Waals surface area contributed by atoms with Gasteiger partial charge in [0, 0.05) is 47.2 Å². The second-order valence-corrected chi connectivity index (χ2v) is 6.14. The summed E-state index contributed by atoms with van der Waals surface area (Å²) in [5, 5.41) is 2.86. The number of hydrogen-bond acceptors (Lipinski definition) is 5. The van der Waals surface area contributed by atoms with Gasteiger partial charge in [-0.1, -0.05) is 12.1 Å². The quantitative estimate of drug-likeness (QED) is 0.573. The summed E-state index contributed by atoms with van der Waals surface area (Å²) < 4.78 is 1.72. The summed E-state index contributed by atoms with van der Waals surface area (Å²) >= 11 is 0. The minimum absolute atomic E-state index is 0.222. The van der Waals surface area contributed by atoms with Gasteiger partial charge in [0.15, 0.2) is 0 Å². The van der Waals surface area contributed by atoms with Crippen molar-refractivity contribution in [3.05, 3.63) is 89.0 Å². The van der Waals surface area contributed by atoms with E-state index in [2.05, 4.69) is 25.3 Å². The van der Waals surface area contributed by atoms with Crippen LogP contribution in [0.25, 0.3) is 17.2 Å². The van der Waals surface area contributed by atoms with Crippen LogP contribution in [0.2, 0.25) is 0 Å². The van der Waals surface area contributed by atoms with E-state index < -0.39 is 0 Å². The zero-order valence-electron chi connectivity index (χ0n) is 15.0. The summed E-state index contributed by atoms with van der Waals surface area (Å²) in [6.07, 6.45) is 6.58. The lowest BCUT2D eigenvalue weighted by molar-refractivity contribution is 0.102. The molecule has 0 unspecified atom stereocenters. The number of hydrogen-bond donors (Lipinski definition) is 2. The van der Waals surface area contributed by atoms with Crippen LogP contribution in [0.5, 0.6) is 0 Å². The van der Waals surface area contributed by atoms with E-state index >= 15 is 0 Å². The number of rotatable bonds is 4. The molecule has 1 amide bonds. The Labute approximate surface area is 160 Å². The molecule has 28 heavy (non-hydrogen) atoms. The molecule has 4 aromatic rings. The van der Waals surface area contributed by atoms with Gasteiger partial charge in [-0.25, -0.2) is 15.0 Å². The second-order valence-electron chi connectivity index (χ2n) is 6.14. The van der Waals surface area contributed by atoms with E-state index in [1.807, 2.05) is 6.07 Å². The highest BCUT2D eigenvalue weighted by atomic mass is 16.1. The Balaban J connectivity index is 1.59. The van der Waals surface area contributed by atoms with Gasteiger partial charge in [0.2, 0.25) is 0 Å². The SMILES string of the molecule is Cc1cc(=O)[nH]c(-c2cccc(NC(=O)c3ccnc(-n4ccnc4)c3)c2)n1. The zero-order chi connectivity index (χ0) is 19.5. The minimum atomic E-state index is -0.272. The fraction of sp³-hybridized carbons (Fsp3) is 0.0500. The Hall–Kier alpha value is -4.07. The summed E-state index contributed by atoms with van der Waals surface area (Å²) in [5.74, 6) is 0.777. The molecule has 2 N–H and O–H groups in total. The highest BCUT2D eigenvalue weighted by Crippen LogP contribution is 2.19. The average Bonchev–Trinajstić information content (AvgIpc) is 3.22. The maximum absolute atomic E-state index is 12.7. The molecule has 0 aliphatic carbocycles. The van der Waals surface area contributed by atoms with Gasteiger partial charge < -0.3 is 10.3 Å². The summed E-state index contributed by atoms with van der Waals surface area (Å²) in [5.41, 5.74) is 2.16. The van der Waals surface area contributed by atoms with Crippen molar-refractivity contribution in [1.29, 1.82) is 0 Å². The van der Waals surface area contributed by atoms with Gasteiger partial charge in [-0.05, 0) is 31.2 Å². The van der Waals surface area contributed by atoms with Crippen LogP contribution in [0.4, 0.5) is 5.69 Å². The lowest BCUT2D eigenvalue weighted by Crippen LogP contribution is -2.13. The number of nitrogens with one attached hydrogen (secondary N) is 2. The summed E-state index contributed by atoms with van der Waals surface area (Å²) in [7, 11) is 0. The molecule has 0 fully saturated rings. The number of aromatic amines is 1. The number of imidazole rings is 1. The summed E-state index contributed by atoms with van der Waals surface area (Å²) in [4.78, 5) is 39.6. The topological polar surface area (TPSA) is 106 Å². The fourth-order valence-corrected chi connectivity index (χ4v) is 2.76. The van der Waals surface area contributed by atoms with Crippen molar-refractivity contribution in [3.8, 4) is 17.2 Å². The maximum atomic E-state index is 12.7. The number of pyridine rings is 1. The molecule has 0 radical (unpaired) electrons.